The van der Waals surface area contributed by atoms with Crippen molar-refractivity contribution in [2.45, 2.75) is 33.1 Å². The van der Waals surface area contributed by atoms with Gasteiger partial charge in [0.2, 0.25) is 0 Å². The van der Waals surface area contributed by atoms with E-state index in [0.29, 0.717) is 0 Å². The Labute approximate surface area is 129 Å². The fraction of sp³-hybridized carbons (Fsp3) is 0.625. The number of ether oxygens (including phenoxy) is 2. The van der Waals surface area contributed by atoms with E-state index in [1.807, 2.05) is 6.07 Å². The third-order valence-corrected chi connectivity index (χ3v) is 4.09. The maximum atomic E-state index is 13.5. The molecule has 0 amide bonds. The van der Waals surface area contributed by atoms with Crippen LogP contribution in [0.1, 0.15) is 32.4 Å². The monoisotopic (exact) mass is 312 g/mol. The number of nitrogens with one attached hydrogen (secondary N) is 1. The molecule has 1 saturated heterocycles. The van der Waals surface area contributed by atoms with Crippen molar-refractivity contribution < 1.29 is 18.3 Å². The second-order valence-electron chi connectivity index (χ2n) is 6.90. The predicted molar refractivity (Wildman–Crippen MR) is 79.3 cm³/mol. The van der Waals surface area contributed by atoms with Gasteiger partial charge in [-0.05, 0) is 11.5 Å². The van der Waals surface area contributed by atoms with Crippen molar-refractivity contribution in [3.05, 3.63) is 23.8 Å². The third-order valence-electron chi connectivity index (χ3n) is 4.09. The van der Waals surface area contributed by atoms with Crippen molar-refractivity contribution >= 4 is 0 Å². The second kappa shape index (κ2) is 5.35. The predicted octanol–water partition coefficient (Wildman–Crippen LogP) is 3.00. The van der Waals surface area contributed by atoms with Crippen LogP contribution in [0.3, 0.4) is 0 Å². The first-order chi connectivity index (χ1) is 10.3. The molecule has 4 nitrogen and oxygen atoms in total. The average molecular weight is 312 g/mol. The number of piperazine rings is 1. The standard InChI is InChI=1S/C16H22F2N2O2/c1-15(2,3)14(20-9-7-19-8-10-20)11-5-4-6-12-13(11)22-16(17,18)21-12/h4-6,14,19H,7-10H2,1-3H3/t14-/m1/s1. The largest absolute Gasteiger partial charge is 0.586 e. The summed E-state index contributed by atoms with van der Waals surface area (Å²) >= 11 is 0. The van der Waals surface area contributed by atoms with E-state index in [-0.39, 0.29) is 23.0 Å². The summed E-state index contributed by atoms with van der Waals surface area (Å²) in [5.74, 6) is 0.290. The molecule has 122 valence electrons. The smallest absolute Gasteiger partial charge is 0.395 e. The molecule has 22 heavy (non-hydrogen) atoms. The zero-order chi connectivity index (χ0) is 16.0. The van der Waals surface area contributed by atoms with Crippen LogP contribution in [-0.4, -0.2) is 37.4 Å². The molecule has 3 rings (SSSR count). The molecular weight excluding hydrogens is 290 g/mol. The third kappa shape index (κ3) is 2.90. The number of rotatable bonds is 2. The molecule has 1 fully saturated rings. The lowest BCUT2D eigenvalue weighted by Gasteiger charge is -2.42. The Morgan fingerprint density at radius 2 is 1.86 bits per heavy atom. The van der Waals surface area contributed by atoms with Crippen LogP contribution in [0.5, 0.6) is 11.5 Å². The SMILES string of the molecule is CC(C)(C)[C@@H](c1cccc2c1OC(F)(F)O2)N1CCNCC1. The minimum Gasteiger partial charge on any atom is -0.395 e. The lowest BCUT2D eigenvalue weighted by Crippen LogP contribution is -2.48. The molecule has 2 heterocycles. The number of hydrogen-bond acceptors (Lipinski definition) is 4. The van der Waals surface area contributed by atoms with E-state index in [2.05, 4.69) is 35.7 Å². The molecule has 2 aliphatic rings. The van der Waals surface area contributed by atoms with Crippen LogP contribution >= 0.6 is 0 Å². The van der Waals surface area contributed by atoms with E-state index in [0.717, 1.165) is 31.7 Å². The molecule has 1 aromatic carbocycles. The Bertz CT molecular complexity index is 552. The molecule has 6 heteroatoms. The van der Waals surface area contributed by atoms with Crippen LogP contribution in [0, 0.1) is 5.41 Å². The summed E-state index contributed by atoms with van der Waals surface area (Å²) in [5, 5.41) is 3.32. The number of alkyl halides is 2. The van der Waals surface area contributed by atoms with Gasteiger partial charge in [-0.15, -0.1) is 8.78 Å². The number of para-hydroxylation sites is 1. The van der Waals surface area contributed by atoms with E-state index in [4.69, 9.17) is 4.74 Å². The van der Waals surface area contributed by atoms with E-state index >= 15 is 0 Å². The number of fused-ring (bicyclic) bond motifs is 1. The number of nitrogens with zero attached hydrogens (tertiary/aromatic N) is 1. The first-order valence-electron chi connectivity index (χ1n) is 7.61. The zero-order valence-corrected chi connectivity index (χ0v) is 13.2. The molecule has 0 radical (unpaired) electrons. The van der Waals surface area contributed by atoms with E-state index in [1.165, 1.54) is 6.07 Å². The lowest BCUT2D eigenvalue weighted by atomic mass is 9.80. The maximum absolute atomic E-state index is 13.5. The van der Waals surface area contributed by atoms with Crippen molar-refractivity contribution in [2.24, 2.45) is 5.41 Å². The lowest BCUT2D eigenvalue weighted by molar-refractivity contribution is -0.287. The minimum atomic E-state index is -3.58. The highest BCUT2D eigenvalue weighted by molar-refractivity contribution is 5.50. The highest BCUT2D eigenvalue weighted by Crippen LogP contribution is 2.50. The normalized spacial score (nSPS) is 22.6. The topological polar surface area (TPSA) is 33.7 Å². The number of benzene rings is 1. The van der Waals surface area contributed by atoms with Crippen molar-refractivity contribution in [1.29, 1.82) is 0 Å². The summed E-state index contributed by atoms with van der Waals surface area (Å²) in [4.78, 5) is 2.33. The van der Waals surface area contributed by atoms with Gasteiger partial charge in [0.05, 0.1) is 0 Å². The van der Waals surface area contributed by atoms with Gasteiger partial charge in [0, 0.05) is 37.8 Å². The van der Waals surface area contributed by atoms with Crippen LogP contribution in [0.25, 0.3) is 0 Å². The molecule has 0 bridgehead atoms. The summed E-state index contributed by atoms with van der Waals surface area (Å²) < 4.78 is 36.3. The van der Waals surface area contributed by atoms with Crippen LogP contribution in [0.2, 0.25) is 0 Å². The molecule has 2 aliphatic heterocycles. The average Bonchev–Trinajstić information content (AvgIpc) is 2.73. The second-order valence-corrected chi connectivity index (χ2v) is 6.90. The Hall–Kier alpha value is -1.40. The van der Waals surface area contributed by atoms with Gasteiger partial charge >= 0.3 is 6.29 Å². The maximum Gasteiger partial charge on any atom is 0.586 e. The van der Waals surface area contributed by atoms with Crippen LogP contribution < -0.4 is 14.8 Å². The highest BCUT2D eigenvalue weighted by Gasteiger charge is 2.46. The summed E-state index contributed by atoms with van der Waals surface area (Å²) in [6.07, 6.45) is -3.58. The van der Waals surface area contributed by atoms with Gasteiger partial charge in [0.15, 0.2) is 11.5 Å². The summed E-state index contributed by atoms with van der Waals surface area (Å²) in [6, 6.07) is 5.13. The molecule has 0 aliphatic carbocycles. The van der Waals surface area contributed by atoms with Crippen LogP contribution in [-0.2, 0) is 0 Å². The van der Waals surface area contributed by atoms with Gasteiger partial charge in [0.25, 0.3) is 0 Å². The number of hydrogen-bond donors (Lipinski definition) is 1. The first kappa shape index (κ1) is 15.5. The highest BCUT2D eigenvalue weighted by atomic mass is 19.3. The van der Waals surface area contributed by atoms with E-state index in [9.17, 15) is 8.78 Å². The summed E-state index contributed by atoms with van der Waals surface area (Å²) in [5.41, 5.74) is 0.650. The molecule has 1 N–H and O–H groups in total. The van der Waals surface area contributed by atoms with Gasteiger partial charge in [-0.3, -0.25) is 4.90 Å². The Kier molecular flexibility index (Phi) is 3.77. The molecule has 1 atom stereocenters. The van der Waals surface area contributed by atoms with Gasteiger partial charge in [-0.2, -0.15) is 0 Å². The molecule has 0 unspecified atom stereocenters. The van der Waals surface area contributed by atoms with Gasteiger partial charge in [-0.25, -0.2) is 0 Å². The molecule has 0 aromatic heterocycles. The Balaban J connectivity index is 2.01. The van der Waals surface area contributed by atoms with Crippen molar-refractivity contribution in [3.63, 3.8) is 0 Å². The Morgan fingerprint density at radius 3 is 2.50 bits per heavy atom. The van der Waals surface area contributed by atoms with Crippen molar-refractivity contribution in [1.82, 2.24) is 10.2 Å². The fourth-order valence-electron chi connectivity index (χ4n) is 3.36. The van der Waals surface area contributed by atoms with Gasteiger partial charge < -0.3 is 14.8 Å². The van der Waals surface area contributed by atoms with Crippen LogP contribution in [0.4, 0.5) is 8.78 Å². The fourth-order valence-corrected chi connectivity index (χ4v) is 3.36. The van der Waals surface area contributed by atoms with Crippen molar-refractivity contribution in [3.8, 4) is 11.5 Å². The quantitative estimate of drug-likeness (QED) is 0.910. The molecule has 1 aromatic rings. The van der Waals surface area contributed by atoms with Crippen LogP contribution in [0.15, 0.2) is 18.2 Å². The summed E-state index contributed by atoms with van der Waals surface area (Å²) in [6.45, 7) is 9.91. The summed E-state index contributed by atoms with van der Waals surface area (Å²) in [7, 11) is 0. The first-order valence-corrected chi connectivity index (χ1v) is 7.61. The van der Waals surface area contributed by atoms with Gasteiger partial charge in [0.1, 0.15) is 0 Å². The van der Waals surface area contributed by atoms with E-state index < -0.39 is 6.29 Å². The van der Waals surface area contributed by atoms with Gasteiger partial charge in [-0.1, -0.05) is 32.9 Å². The zero-order valence-electron chi connectivity index (χ0n) is 13.2. The molecule has 0 spiro atoms. The molecule has 0 saturated carbocycles. The minimum absolute atomic E-state index is 0.0120. The van der Waals surface area contributed by atoms with Crippen molar-refractivity contribution in [2.75, 3.05) is 26.2 Å². The Morgan fingerprint density at radius 1 is 1.18 bits per heavy atom. The van der Waals surface area contributed by atoms with E-state index in [1.54, 1.807) is 6.07 Å². The number of halogens is 2. The molecular formula is C16H22F2N2O2.